The summed E-state index contributed by atoms with van der Waals surface area (Å²) in [5.74, 6) is -0.987. The highest BCUT2D eigenvalue weighted by atomic mass is 79.9. The third-order valence-electron chi connectivity index (χ3n) is 8.57. The second-order valence-corrected chi connectivity index (χ2v) is 11.6. The number of nitrogens with one attached hydrogen (secondary N) is 1. The molecular weight excluding hydrogens is 604 g/mol. The predicted octanol–water partition coefficient (Wildman–Crippen LogP) is 6.71. The standard InChI is InChI=1S/C35H23BrN4O3/c1-2-39-26-18-17-21(36)19-25(26)35(34(39)43)27-29(32(42)24-16-10-9-15-23(24)31(27)41)37-30-28(20-11-5-3-6-12-20)38-40(33(30)35)22-13-7-4-8-14-22/h3-19,37H,2H2,1H3. The molecular formula is C35H23BrN4O3. The van der Waals surface area contributed by atoms with Crippen molar-refractivity contribution < 1.29 is 14.4 Å². The molecule has 8 heteroatoms. The normalized spacial score (nSPS) is 18.4. The first-order valence-electron chi connectivity index (χ1n) is 14.0. The van der Waals surface area contributed by atoms with E-state index in [9.17, 15) is 9.59 Å². The molecule has 43 heavy (non-hydrogen) atoms. The number of fused-ring (bicyclic) bond motifs is 6. The summed E-state index contributed by atoms with van der Waals surface area (Å²) in [6.45, 7) is 2.29. The van der Waals surface area contributed by atoms with E-state index in [0.717, 1.165) is 15.7 Å². The Balaban J connectivity index is 1.57. The molecule has 2 aliphatic heterocycles. The van der Waals surface area contributed by atoms with Crippen LogP contribution in [0.4, 0.5) is 11.4 Å². The Hall–Kier alpha value is -5.08. The molecule has 3 heterocycles. The van der Waals surface area contributed by atoms with Crippen molar-refractivity contribution in [2.24, 2.45) is 0 Å². The van der Waals surface area contributed by atoms with E-state index in [1.165, 1.54) is 0 Å². The Labute approximate surface area is 255 Å². The number of carbonyl (C=O) groups is 3. The Kier molecular flexibility index (Phi) is 5.49. The number of ketones is 2. The molecule has 0 bridgehead atoms. The van der Waals surface area contributed by atoms with Gasteiger partial charge in [0.25, 0.3) is 0 Å². The quantitative estimate of drug-likeness (QED) is 0.240. The highest BCUT2D eigenvalue weighted by Gasteiger charge is 2.63. The third kappa shape index (κ3) is 3.29. The van der Waals surface area contributed by atoms with E-state index in [2.05, 4.69) is 21.2 Å². The van der Waals surface area contributed by atoms with Gasteiger partial charge in [0.2, 0.25) is 11.7 Å². The van der Waals surface area contributed by atoms with E-state index in [0.29, 0.717) is 40.4 Å². The van der Waals surface area contributed by atoms with Gasteiger partial charge < -0.3 is 10.2 Å². The van der Waals surface area contributed by atoms with Crippen molar-refractivity contribution in [2.45, 2.75) is 12.3 Å². The van der Waals surface area contributed by atoms with Crippen LogP contribution in [0.15, 0.2) is 119 Å². The largest absolute Gasteiger partial charge is 0.349 e. The maximum atomic E-state index is 15.1. The second-order valence-electron chi connectivity index (χ2n) is 10.7. The zero-order valence-corrected chi connectivity index (χ0v) is 24.6. The molecule has 1 unspecified atom stereocenters. The summed E-state index contributed by atoms with van der Waals surface area (Å²) >= 11 is 3.63. The molecule has 0 saturated heterocycles. The van der Waals surface area contributed by atoms with Crippen molar-refractivity contribution >= 4 is 44.8 Å². The van der Waals surface area contributed by atoms with Gasteiger partial charge in [-0.3, -0.25) is 14.4 Å². The summed E-state index contributed by atoms with van der Waals surface area (Å²) in [4.78, 5) is 45.8. The van der Waals surface area contributed by atoms with Gasteiger partial charge in [-0.05, 0) is 37.3 Å². The Bertz CT molecular complexity index is 2070. The molecule has 0 radical (unpaired) electrons. The van der Waals surface area contributed by atoms with E-state index in [1.54, 1.807) is 33.8 Å². The molecule has 7 nitrogen and oxygen atoms in total. The number of aromatic nitrogens is 2. The number of amides is 1. The molecule has 4 aromatic carbocycles. The van der Waals surface area contributed by atoms with Gasteiger partial charge in [0.15, 0.2) is 11.2 Å². The van der Waals surface area contributed by atoms with Crippen LogP contribution in [0.25, 0.3) is 16.9 Å². The van der Waals surface area contributed by atoms with Gasteiger partial charge in [0, 0.05) is 39.0 Å². The van der Waals surface area contributed by atoms with Crippen molar-refractivity contribution in [3.8, 4) is 16.9 Å². The number of hydrogen-bond donors (Lipinski definition) is 1. The van der Waals surface area contributed by atoms with Crippen LogP contribution in [0.2, 0.25) is 0 Å². The lowest BCUT2D eigenvalue weighted by Gasteiger charge is -2.39. The molecule has 1 atom stereocenters. The lowest BCUT2D eigenvalue weighted by atomic mass is 9.64. The Morgan fingerprint density at radius 3 is 2.16 bits per heavy atom. The van der Waals surface area contributed by atoms with Crippen LogP contribution in [-0.2, 0) is 10.2 Å². The number of rotatable bonds is 3. The van der Waals surface area contributed by atoms with Crippen molar-refractivity contribution in [2.75, 3.05) is 16.8 Å². The van der Waals surface area contributed by atoms with Gasteiger partial charge in [0.05, 0.1) is 28.3 Å². The number of nitrogens with zero attached hydrogens (tertiary/aromatic N) is 3. The van der Waals surface area contributed by atoms with Crippen molar-refractivity contribution in [1.29, 1.82) is 0 Å². The molecule has 0 fully saturated rings. The van der Waals surface area contributed by atoms with Gasteiger partial charge >= 0.3 is 0 Å². The topological polar surface area (TPSA) is 84.3 Å². The molecule has 0 saturated carbocycles. The molecule has 1 aliphatic carbocycles. The smallest absolute Gasteiger partial charge is 0.248 e. The summed E-state index contributed by atoms with van der Waals surface area (Å²) in [5, 5.41) is 8.48. The van der Waals surface area contributed by atoms with Crippen LogP contribution in [0.5, 0.6) is 0 Å². The number of allylic oxidation sites excluding steroid dienone is 1. The van der Waals surface area contributed by atoms with E-state index in [-0.39, 0.29) is 34.3 Å². The average Bonchev–Trinajstić information content (AvgIpc) is 3.54. The number of anilines is 2. The fourth-order valence-corrected chi connectivity index (χ4v) is 7.15. The van der Waals surface area contributed by atoms with Gasteiger partial charge in [-0.25, -0.2) is 4.68 Å². The minimum Gasteiger partial charge on any atom is -0.349 e. The van der Waals surface area contributed by atoms with E-state index < -0.39 is 5.41 Å². The lowest BCUT2D eigenvalue weighted by Crippen LogP contribution is -2.50. The Morgan fingerprint density at radius 1 is 0.814 bits per heavy atom. The van der Waals surface area contributed by atoms with Crippen LogP contribution < -0.4 is 10.2 Å². The van der Waals surface area contributed by atoms with Gasteiger partial charge in [0.1, 0.15) is 5.69 Å². The maximum absolute atomic E-state index is 15.1. The zero-order valence-electron chi connectivity index (χ0n) is 23.0. The minimum atomic E-state index is -1.65. The summed E-state index contributed by atoms with van der Waals surface area (Å²) in [6, 6.07) is 31.7. The van der Waals surface area contributed by atoms with Crippen molar-refractivity contribution in [1.82, 2.24) is 9.78 Å². The number of likely N-dealkylation sites (N-methyl/N-ethyl adjacent to an activating group) is 1. The highest BCUT2D eigenvalue weighted by molar-refractivity contribution is 9.10. The first-order valence-corrected chi connectivity index (χ1v) is 14.8. The minimum absolute atomic E-state index is 0.109. The van der Waals surface area contributed by atoms with Gasteiger partial charge in [-0.2, -0.15) is 5.10 Å². The number of hydrogen-bond acceptors (Lipinski definition) is 5. The molecule has 1 N–H and O–H groups in total. The van der Waals surface area contributed by atoms with E-state index in [1.807, 2.05) is 85.8 Å². The maximum Gasteiger partial charge on any atom is 0.248 e. The fraction of sp³-hybridized carbons (Fsp3) is 0.0857. The van der Waals surface area contributed by atoms with Crippen LogP contribution in [0.3, 0.4) is 0 Å². The number of halogens is 1. The van der Waals surface area contributed by atoms with Crippen molar-refractivity contribution in [3.63, 3.8) is 0 Å². The molecule has 1 amide bonds. The molecule has 3 aliphatic rings. The van der Waals surface area contributed by atoms with E-state index >= 15 is 4.79 Å². The number of Topliss-reactive ketones (excluding diaryl/α,β-unsaturated/α-hetero) is 2. The second kappa shape index (κ2) is 9.21. The van der Waals surface area contributed by atoms with Crippen LogP contribution in [-0.4, -0.2) is 33.8 Å². The number of carbonyl (C=O) groups excluding carboxylic acids is 3. The lowest BCUT2D eigenvalue weighted by molar-refractivity contribution is -0.120. The summed E-state index contributed by atoms with van der Waals surface area (Å²) in [6.07, 6.45) is 0. The first-order chi connectivity index (χ1) is 21.0. The highest BCUT2D eigenvalue weighted by Crippen LogP contribution is 2.59. The van der Waals surface area contributed by atoms with Crippen molar-refractivity contribution in [3.05, 3.63) is 141 Å². The number of para-hydroxylation sites is 1. The molecule has 208 valence electrons. The van der Waals surface area contributed by atoms with Gasteiger partial charge in [-0.15, -0.1) is 0 Å². The fourth-order valence-electron chi connectivity index (χ4n) is 6.79. The monoisotopic (exact) mass is 626 g/mol. The van der Waals surface area contributed by atoms with Crippen LogP contribution in [0, 0.1) is 0 Å². The predicted molar refractivity (Wildman–Crippen MR) is 168 cm³/mol. The average molecular weight is 627 g/mol. The third-order valence-corrected chi connectivity index (χ3v) is 9.06. The molecule has 1 spiro atoms. The Morgan fingerprint density at radius 2 is 1.47 bits per heavy atom. The summed E-state index contributed by atoms with van der Waals surface area (Å²) < 4.78 is 2.51. The number of benzene rings is 4. The molecule has 5 aromatic rings. The van der Waals surface area contributed by atoms with Crippen LogP contribution in [0.1, 0.15) is 38.9 Å². The van der Waals surface area contributed by atoms with Gasteiger partial charge in [-0.1, -0.05) is 88.7 Å². The summed E-state index contributed by atoms with van der Waals surface area (Å²) in [5.41, 5.74) is 3.61. The van der Waals surface area contributed by atoms with Crippen LogP contribution >= 0.6 is 15.9 Å². The SMILES string of the molecule is CCN1C(=O)C2(C3=C(Nc4c(-c5ccccc5)nn(-c5ccccc5)c42)C(=O)c2ccccc2C3=O)c2cc(Br)ccc21. The molecule has 1 aromatic heterocycles. The zero-order chi connectivity index (χ0) is 29.5. The molecule has 8 rings (SSSR count). The summed E-state index contributed by atoms with van der Waals surface area (Å²) in [7, 11) is 0. The van der Waals surface area contributed by atoms with E-state index in [4.69, 9.17) is 5.10 Å². The first kappa shape index (κ1) is 25.6.